The maximum atomic E-state index is 4.96. The van der Waals surface area contributed by atoms with E-state index in [-0.39, 0.29) is 5.41 Å². The first kappa shape index (κ1) is 17.5. The summed E-state index contributed by atoms with van der Waals surface area (Å²) in [4.78, 5) is 7.49. The van der Waals surface area contributed by atoms with Crippen LogP contribution < -0.4 is 0 Å². The lowest BCUT2D eigenvalue weighted by Crippen LogP contribution is -2.46. The first-order chi connectivity index (χ1) is 9.92. The van der Waals surface area contributed by atoms with Crippen molar-refractivity contribution in [1.82, 2.24) is 9.88 Å². The van der Waals surface area contributed by atoms with Gasteiger partial charge in [0, 0.05) is 29.4 Å². The minimum absolute atomic E-state index is 0.113. The zero-order valence-corrected chi connectivity index (χ0v) is 16.1. The molecule has 1 aliphatic carbocycles. The van der Waals surface area contributed by atoms with Crippen molar-refractivity contribution < 1.29 is 0 Å². The summed E-state index contributed by atoms with van der Waals surface area (Å²) >= 11 is 0. The molecule has 0 aliphatic heterocycles. The molecule has 0 unspecified atom stereocenters. The fourth-order valence-corrected chi connectivity index (χ4v) is 3.86. The summed E-state index contributed by atoms with van der Waals surface area (Å²) in [5, 5.41) is 0. The van der Waals surface area contributed by atoms with Gasteiger partial charge in [0.25, 0.3) is 0 Å². The third-order valence-corrected chi connectivity index (χ3v) is 5.40. The van der Waals surface area contributed by atoms with E-state index >= 15 is 0 Å². The third kappa shape index (κ3) is 3.37. The van der Waals surface area contributed by atoms with Crippen LogP contribution in [-0.2, 0) is 12.0 Å². The molecule has 0 amide bonds. The minimum atomic E-state index is 0.113. The maximum Gasteiger partial charge on any atom is 0.0492 e. The number of aryl methyl sites for hydroxylation is 1. The quantitative estimate of drug-likeness (QED) is 0.787. The highest BCUT2D eigenvalue weighted by Crippen LogP contribution is 2.43. The van der Waals surface area contributed by atoms with Crippen molar-refractivity contribution in [1.29, 1.82) is 0 Å². The number of aromatic nitrogens is 1. The Morgan fingerprint density at radius 3 is 2.09 bits per heavy atom. The fourth-order valence-electron chi connectivity index (χ4n) is 3.86. The molecule has 1 aromatic rings. The molecule has 2 heteroatoms. The van der Waals surface area contributed by atoms with Crippen LogP contribution in [0.15, 0.2) is 0 Å². The van der Waals surface area contributed by atoms with Gasteiger partial charge in [-0.1, -0.05) is 34.6 Å². The van der Waals surface area contributed by atoms with Crippen molar-refractivity contribution in [2.24, 2.45) is 5.41 Å². The molecule has 2 rings (SSSR count). The van der Waals surface area contributed by atoms with Crippen LogP contribution in [0.5, 0.6) is 0 Å². The molecule has 1 fully saturated rings. The number of rotatable bonds is 3. The van der Waals surface area contributed by atoms with Gasteiger partial charge in [-0.2, -0.15) is 0 Å². The predicted molar refractivity (Wildman–Crippen MR) is 95.4 cm³/mol. The molecular formula is C20H34N2. The van der Waals surface area contributed by atoms with E-state index in [9.17, 15) is 0 Å². The van der Waals surface area contributed by atoms with E-state index in [2.05, 4.69) is 67.3 Å². The van der Waals surface area contributed by atoms with Crippen molar-refractivity contribution in [3.8, 4) is 0 Å². The largest absolute Gasteiger partial charge is 0.299 e. The van der Waals surface area contributed by atoms with Gasteiger partial charge in [0.2, 0.25) is 0 Å². The molecule has 1 saturated carbocycles. The Morgan fingerprint density at radius 1 is 1.09 bits per heavy atom. The number of pyridine rings is 1. The average molecular weight is 303 g/mol. The Bertz CT molecular complexity index is 556. The van der Waals surface area contributed by atoms with Crippen molar-refractivity contribution in [3.63, 3.8) is 0 Å². The van der Waals surface area contributed by atoms with Crippen LogP contribution >= 0.6 is 0 Å². The molecule has 2 nitrogen and oxygen atoms in total. The maximum absolute atomic E-state index is 4.96. The first-order valence-corrected chi connectivity index (χ1v) is 8.60. The lowest BCUT2D eigenvalue weighted by molar-refractivity contribution is 0.0371. The van der Waals surface area contributed by atoms with E-state index < -0.39 is 0 Å². The second-order valence-electron chi connectivity index (χ2n) is 9.17. The van der Waals surface area contributed by atoms with E-state index in [0.29, 0.717) is 5.41 Å². The summed E-state index contributed by atoms with van der Waals surface area (Å²) < 4.78 is 0. The highest BCUT2D eigenvalue weighted by Gasteiger charge is 2.38. The Balaban J connectivity index is 2.24. The second kappa shape index (κ2) is 5.63. The molecule has 0 spiro atoms. The highest BCUT2D eigenvalue weighted by atomic mass is 15.1. The monoisotopic (exact) mass is 302 g/mol. The zero-order chi connectivity index (χ0) is 16.9. The van der Waals surface area contributed by atoms with Gasteiger partial charge in [0.05, 0.1) is 0 Å². The standard InChI is InChI=1S/C20H34N2/c1-13-14(2)18(19(4,5)6)21-15(3)17(13)12-22(9)16-10-20(7,8)11-16/h16H,10-12H2,1-9H3. The van der Waals surface area contributed by atoms with E-state index in [1.54, 1.807) is 0 Å². The Labute approximate surface area is 137 Å². The number of hydrogen-bond donors (Lipinski definition) is 0. The molecule has 0 bridgehead atoms. The predicted octanol–water partition coefficient (Wildman–Crippen LogP) is 4.92. The normalized spacial score (nSPS) is 18.6. The summed E-state index contributed by atoms with van der Waals surface area (Å²) in [6.07, 6.45) is 2.63. The zero-order valence-electron chi connectivity index (χ0n) is 16.1. The number of nitrogens with zero attached hydrogens (tertiary/aromatic N) is 2. The second-order valence-corrected chi connectivity index (χ2v) is 9.17. The van der Waals surface area contributed by atoms with Crippen LogP contribution in [0.4, 0.5) is 0 Å². The third-order valence-electron chi connectivity index (χ3n) is 5.40. The van der Waals surface area contributed by atoms with Gasteiger partial charge in [0.1, 0.15) is 0 Å². The summed E-state index contributed by atoms with van der Waals surface area (Å²) in [5.41, 5.74) is 7.34. The van der Waals surface area contributed by atoms with Gasteiger partial charge in [-0.15, -0.1) is 0 Å². The molecule has 1 aromatic heterocycles. The summed E-state index contributed by atoms with van der Waals surface area (Å²) in [6.45, 7) is 19.2. The number of hydrogen-bond acceptors (Lipinski definition) is 2. The van der Waals surface area contributed by atoms with E-state index in [0.717, 1.165) is 12.6 Å². The Hall–Kier alpha value is -0.890. The summed E-state index contributed by atoms with van der Waals surface area (Å²) in [5.74, 6) is 0. The van der Waals surface area contributed by atoms with E-state index in [1.807, 2.05) is 0 Å². The molecule has 124 valence electrons. The van der Waals surface area contributed by atoms with Gasteiger partial charge in [-0.3, -0.25) is 9.88 Å². The van der Waals surface area contributed by atoms with Crippen molar-refractivity contribution in [2.45, 2.75) is 86.2 Å². The van der Waals surface area contributed by atoms with Gasteiger partial charge in [-0.25, -0.2) is 0 Å². The first-order valence-electron chi connectivity index (χ1n) is 8.60. The topological polar surface area (TPSA) is 16.1 Å². The van der Waals surface area contributed by atoms with Gasteiger partial charge >= 0.3 is 0 Å². The minimum Gasteiger partial charge on any atom is -0.299 e. The van der Waals surface area contributed by atoms with Crippen LogP contribution in [0.3, 0.4) is 0 Å². The molecule has 0 N–H and O–H groups in total. The lowest BCUT2D eigenvalue weighted by Gasteiger charge is -2.47. The van der Waals surface area contributed by atoms with Crippen LogP contribution in [0.1, 0.15) is 75.5 Å². The van der Waals surface area contributed by atoms with Gasteiger partial charge in [-0.05, 0) is 62.8 Å². The molecule has 22 heavy (non-hydrogen) atoms. The molecule has 1 aliphatic rings. The van der Waals surface area contributed by atoms with Crippen LogP contribution in [0, 0.1) is 26.2 Å². The Kier molecular flexibility index (Phi) is 4.47. The molecule has 0 radical (unpaired) electrons. The molecule has 0 saturated heterocycles. The van der Waals surface area contributed by atoms with Gasteiger partial charge < -0.3 is 0 Å². The van der Waals surface area contributed by atoms with Crippen molar-refractivity contribution >= 4 is 0 Å². The molecule has 0 atom stereocenters. The average Bonchev–Trinajstić information content (AvgIpc) is 2.34. The molecule has 0 aromatic carbocycles. The highest BCUT2D eigenvalue weighted by molar-refractivity contribution is 5.41. The van der Waals surface area contributed by atoms with E-state index in [1.165, 1.54) is 40.9 Å². The van der Waals surface area contributed by atoms with Gasteiger partial charge in [0.15, 0.2) is 0 Å². The SMILES string of the molecule is Cc1nc(C(C)(C)C)c(C)c(C)c1CN(C)C1CC(C)(C)C1. The molecular weight excluding hydrogens is 268 g/mol. The van der Waals surface area contributed by atoms with Crippen LogP contribution in [-0.4, -0.2) is 23.0 Å². The van der Waals surface area contributed by atoms with Crippen LogP contribution in [0.2, 0.25) is 0 Å². The summed E-state index contributed by atoms with van der Waals surface area (Å²) in [7, 11) is 2.27. The van der Waals surface area contributed by atoms with E-state index in [4.69, 9.17) is 4.98 Å². The Morgan fingerprint density at radius 2 is 1.64 bits per heavy atom. The van der Waals surface area contributed by atoms with Crippen molar-refractivity contribution in [3.05, 3.63) is 28.1 Å². The molecule has 1 heterocycles. The lowest BCUT2D eigenvalue weighted by atomic mass is 9.68. The summed E-state index contributed by atoms with van der Waals surface area (Å²) in [6, 6.07) is 0.733. The van der Waals surface area contributed by atoms with Crippen LogP contribution in [0.25, 0.3) is 0 Å². The smallest absolute Gasteiger partial charge is 0.0492 e. The van der Waals surface area contributed by atoms with Crippen molar-refractivity contribution in [2.75, 3.05) is 7.05 Å². The fraction of sp³-hybridized carbons (Fsp3) is 0.750.